The minimum atomic E-state index is -1.07. The van der Waals surface area contributed by atoms with E-state index in [0.717, 1.165) is 21.6 Å². The molecule has 5 nitrogen and oxygen atoms in total. The average Bonchev–Trinajstić information content (AvgIpc) is 1.97. The van der Waals surface area contributed by atoms with Gasteiger partial charge in [0.05, 0.1) is 0 Å². The quantitative estimate of drug-likeness (QED) is 0.415. The molecular weight excluding hydrogens is 202 g/mol. The number of hydrogen-bond donors (Lipinski definition) is 3. The summed E-state index contributed by atoms with van der Waals surface area (Å²) < 4.78 is 0. The number of nitrogens with two attached hydrogens (primary N) is 1. The fraction of sp³-hybridized carbons (Fsp3) is 0.600. The van der Waals surface area contributed by atoms with Crippen LogP contribution in [0.15, 0.2) is 0 Å². The highest BCUT2D eigenvalue weighted by molar-refractivity contribution is 8.76. The first-order valence-corrected chi connectivity index (χ1v) is 5.47. The smallest absolute Gasteiger partial charge is 0.321 e. The highest BCUT2D eigenvalue weighted by atomic mass is 33.1. The van der Waals surface area contributed by atoms with Crippen molar-refractivity contribution in [3.63, 3.8) is 0 Å². The highest BCUT2D eigenvalue weighted by Crippen LogP contribution is 2.20. The van der Waals surface area contributed by atoms with Gasteiger partial charge in [0.2, 0.25) is 0 Å². The molecule has 0 aromatic heterocycles. The molecule has 0 bridgehead atoms. The molecule has 0 aliphatic rings. The van der Waals surface area contributed by atoms with Gasteiger partial charge >= 0.3 is 11.9 Å². The van der Waals surface area contributed by atoms with Crippen molar-refractivity contribution in [3.8, 4) is 0 Å². The lowest BCUT2D eigenvalue weighted by atomic mass is 10.4. The second-order valence-corrected chi connectivity index (χ2v) is 4.39. The van der Waals surface area contributed by atoms with Crippen LogP contribution in [0.3, 0.4) is 0 Å². The van der Waals surface area contributed by atoms with E-state index < -0.39 is 18.0 Å². The maximum Gasteiger partial charge on any atom is 0.321 e. The van der Waals surface area contributed by atoms with E-state index in [9.17, 15) is 9.59 Å². The monoisotopic (exact) mass is 211 g/mol. The van der Waals surface area contributed by atoms with Crippen molar-refractivity contribution in [1.82, 2.24) is 0 Å². The second-order valence-electron chi connectivity index (χ2n) is 1.89. The Bertz CT molecular complexity index is 175. The second kappa shape index (κ2) is 6.15. The van der Waals surface area contributed by atoms with E-state index in [1.54, 1.807) is 0 Å². The molecule has 0 aromatic carbocycles. The lowest BCUT2D eigenvalue weighted by Gasteiger charge is -2.03. The first kappa shape index (κ1) is 11.6. The molecule has 0 fully saturated rings. The van der Waals surface area contributed by atoms with Crippen molar-refractivity contribution < 1.29 is 19.8 Å². The number of carboxylic acid groups (broad SMARTS) is 2. The molecule has 12 heavy (non-hydrogen) atoms. The van der Waals surface area contributed by atoms with E-state index in [1.165, 1.54) is 0 Å². The molecule has 7 heteroatoms. The molecule has 1 atom stereocenters. The van der Waals surface area contributed by atoms with Crippen LogP contribution in [0.4, 0.5) is 0 Å². The molecule has 0 rings (SSSR count). The molecule has 70 valence electrons. The van der Waals surface area contributed by atoms with E-state index in [4.69, 9.17) is 15.9 Å². The van der Waals surface area contributed by atoms with Crippen LogP contribution in [0.2, 0.25) is 0 Å². The predicted octanol–water partition coefficient (Wildman–Crippen LogP) is -0.136. The zero-order valence-corrected chi connectivity index (χ0v) is 7.73. The van der Waals surface area contributed by atoms with Crippen molar-refractivity contribution in [2.45, 2.75) is 6.04 Å². The van der Waals surface area contributed by atoms with E-state index in [1.807, 2.05) is 0 Å². The summed E-state index contributed by atoms with van der Waals surface area (Å²) in [6.45, 7) is 0. The maximum atomic E-state index is 10.2. The SMILES string of the molecule is N[C@@H](CSSCC(=O)O)C(=O)O. The lowest BCUT2D eigenvalue weighted by molar-refractivity contribution is -0.138. The average molecular weight is 211 g/mol. The Morgan fingerprint density at radius 2 is 1.92 bits per heavy atom. The Kier molecular flexibility index (Phi) is 5.95. The first-order chi connectivity index (χ1) is 5.54. The summed E-state index contributed by atoms with van der Waals surface area (Å²) in [7, 11) is 2.23. The third-order valence-corrected chi connectivity index (χ3v) is 3.12. The number of hydrogen-bond acceptors (Lipinski definition) is 5. The van der Waals surface area contributed by atoms with E-state index in [2.05, 4.69) is 0 Å². The van der Waals surface area contributed by atoms with Crippen LogP contribution >= 0.6 is 21.6 Å². The molecule has 0 saturated heterocycles. The van der Waals surface area contributed by atoms with Crippen LogP contribution < -0.4 is 5.73 Å². The molecule has 0 spiro atoms. The van der Waals surface area contributed by atoms with Gasteiger partial charge in [0.25, 0.3) is 0 Å². The van der Waals surface area contributed by atoms with Crippen LogP contribution in [-0.4, -0.2) is 39.7 Å². The Morgan fingerprint density at radius 1 is 1.33 bits per heavy atom. The highest BCUT2D eigenvalue weighted by Gasteiger charge is 2.11. The van der Waals surface area contributed by atoms with Crippen molar-refractivity contribution in [3.05, 3.63) is 0 Å². The molecule has 0 aliphatic heterocycles. The van der Waals surface area contributed by atoms with Crippen molar-refractivity contribution >= 4 is 33.5 Å². The summed E-state index contributed by atoms with van der Waals surface area (Å²) in [6.07, 6.45) is 0. The molecular formula is C5H9NO4S2. The lowest BCUT2D eigenvalue weighted by Crippen LogP contribution is -2.32. The minimum Gasteiger partial charge on any atom is -0.481 e. The van der Waals surface area contributed by atoms with Crippen molar-refractivity contribution in [2.24, 2.45) is 5.73 Å². The third kappa shape index (κ3) is 6.32. The predicted molar refractivity (Wildman–Crippen MR) is 48.2 cm³/mol. The van der Waals surface area contributed by atoms with E-state index in [0.29, 0.717) is 0 Å². The molecule has 0 unspecified atom stereocenters. The molecule has 0 aliphatic carbocycles. The van der Waals surface area contributed by atoms with Crippen LogP contribution in [0.5, 0.6) is 0 Å². The van der Waals surface area contributed by atoms with Gasteiger partial charge in [-0.3, -0.25) is 9.59 Å². The standard InChI is InChI=1S/C5H9NO4S2/c6-3(5(9)10)1-11-12-2-4(7)8/h3H,1-2,6H2,(H,7,8)(H,9,10)/t3-/m0/s1. The summed E-state index contributed by atoms with van der Waals surface area (Å²) >= 11 is 0. The van der Waals surface area contributed by atoms with Crippen LogP contribution in [0, 0.1) is 0 Å². The summed E-state index contributed by atoms with van der Waals surface area (Å²) in [5, 5.41) is 16.5. The summed E-state index contributed by atoms with van der Waals surface area (Å²) in [4.78, 5) is 20.2. The number of aliphatic carboxylic acids is 2. The van der Waals surface area contributed by atoms with E-state index in [-0.39, 0.29) is 11.5 Å². The topological polar surface area (TPSA) is 101 Å². The van der Waals surface area contributed by atoms with Gasteiger partial charge in [-0.2, -0.15) is 0 Å². The summed E-state index contributed by atoms with van der Waals surface area (Å²) in [5.41, 5.74) is 5.15. The zero-order chi connectivity index (χ0) is 9.56. The molecule has 0 heterocycles. The van der Waals surface area contributed by atoms with Crippen LogP contribution in [0.1, 0.15) is 0 Å². The van der Waals surface area contributed by atoms with Crippen molar-refractivity contribution in [2.75, 3.05) is 11.5 Å². The van der Waals surface area contributed by atoms with Crippen molar-refractivity contribution in [1.29, 1.82) is 0 Å². The van der Waals surface area contributed by atoms with Gasteiger partial charge in [0.1, 0.15) is 11.8 Å². The molecule has 0 radical (unpaired) electrons. The first-order valence-electron chi connectivity index (χ1n) is 2.98. The number of carboxylic acids is 2. The Morgan fingerprint density at radius 3 is 2.33 bits per heavy atom. The molecule has 4 N–H and O–H groups in total. The maximum absolute atomic E-state index is 10.2. The fourth-order valence-corrected chi connectivity index (χ4v) is 2.14. The van der Waals surface area contributed by atoms with Gasteiger partial charge in [0.15, 0.2) is 0 Å². The van der Waals surface area contributed by atoms with Gasteiger partial charge in [-0.1, -0.05) is 21.6 Å². The molecule has 0 amide bonds. The Labute approximate surface area is 77.1 Å². The van der Waals surface area contributed by atoms with Gasteiger partial charge in [-0.15, -0.1) is 0 Å². The van der Waals surface area contributed by atoms with Crippen LogP contribution in [-0.2, 0) is 9.59 Å². The van der Waals surface area contributed by atoms with Gasteiger partial charge in [0, 0.05) is 5.75 Å². The normalized spacial score (nSPS) is 12.4. The third-order valence-electron chi connectivity index (χ3n) is 0.831. The summed E-state index contributed by atoms with van der Waals surface area (Å²) in [5.74, 6) is -1.82. The molecule has 0 aromatic rings. The van der Waals surface area contributed by atoms with Gasteiger partial charge < -0.3 is 15.9 Å². The van der Waals surface area contributed by atoms with Gasteiger partial charge in [-0.05, 0) is 0 Å². The van der Waals surface area contributed by atoms with Gasteiger partial charge in [-0.25, -0.2) is 0 Å². The Hall–Kier alpha value is -0.400. The fourth-order valence-electron chi connectivity index (χ4n) is 0.285. The number of carbonyl (C=O) groups is 2. The summed E-state index contributed by atoms with van der Waals surface area (Å²) in [6, 6.07) is -0.920. The minimum absolute atomic E-state index is 0.0446. The largest absolute Gasteiger partial charge is 0.481 e. The number of rotatable bonds is 6. The Balaban J connectivity index is 3.31. The van der Waals surface area contributed by atoms with Crippen LogP contribution in [0.25, 0.3) is 0 Å². The van der Waals surface area contributed by atoms with E-state index >= 15 is 0 Å². The molecule has 0 saturated carbocycles. The zero-order valence-electron chi connectivity index (χ0n) is 6.10.